The highest BCUT2D eigenvalue weighted by Gasteiger charge is 2.20. The molecular weight excluding hydrogens is 390 g/mol. The molecule has 0 aliphatic carbocycles. The molecular formula is C23H25N7O. The van der Waals surface area contributed by atoms with Crippen molar-refractivity contribution in [3.63, 3.8) is 0 Å². The van der Waals surface area contributed by atoms with E-state index in [1.165, 1.54) is 11.1 Å². The molecule has 2 aliphatic rings. The van der Waals surface area contributed by atoms with Crippen LogP contribution in [-0.2, 0) is 13.0 Å². The first-order valence-corrected chi connectivity index (χ1v) is 10.6. The Kier molecular flexibility index (Phi) is 5.45. The Bertz CT molecular complexity index is 1080. The van der Waals surface area contributed by atoms with Crippen LogP contribution in [0.4, 0.5) is 17.3 Å². The molecule has 8 heteroatoms. The lowest BCUT2D eigenvalue weighted by atomic mass is 10.0. The van der Waals surface area contributed by atoms with Gasteiger partial charge in [0, 0.05) is 51.7 Å². The van der Waals surface area contributed by atoms with Crippen molar-refractivity contribution < 1.29 is 4.79 Å². The Hall–Kier alpha value is -3.52. The van der Waals surface area contributed by atoms with Gasteiger partial charge >= 0.3 is 0 Å². The number of nitrogens with zero attached hydrogens (tertiary/aromatic N) is 5. The summed E-state index contributed by atoms with van der Waals surface area (Å²) in [7, 11) is 0. The maximum absolute atomic E-state index is 13.0. The van der Waals surface area contributed by atoms with Crippen LogP contribution in [0.2, 0.25) is 0 Å². The summed E-state index contributed by atoms with van der Waals surface area (Å²) < 4.78 is 0. The van der Waals surface area contributed by atoms with Crippen molar-refractivity contribution in [2.24, 2.45) is 0 Å². The second kappa shape index (κ2) is 8.69. The molecule has 31 heavy (non-hydrogen) atoms. The van der Waals surface area contributed by atoms with Crippen LogP contribution in [0, 0.1) is 0 Å². The third-order valence-electron chi connectivity index (χ3n) is 5.79. The summed E-state index contributed by atoms with van der Waals surface area (Å²) in [4.78, 5) is 30.6. The van der Waals surface area contributed by atoms with Gasteiger partial charge in [-0.25, -0.2) is 9.97 Å². The van der Waals surface area contributed by atoms with Gasteiger partial charge in [-0.2, -0.15) is 0 Å². The maximum atomic E-state index is 13.0. The molecule has 4 heterocycles. The predicted molar refractivity (Wildman–Crippen MR) is 121 cm³/mol. The molecule has 0 unspecified atom stereocenters. The van der Waals surface area contributed by atoms with Gasteiger partial charge in [0.1, 0.15) is 5.69 Å². The van der Waals surface area contributed by atoms with E-state index in [0.29, 0.717) is 17.3 Å². The van der Waals surface area contributed by atoms with Crippen molar-refractivity contribution in [1.82, 2.24) is 20.3 Å². The fraction of sp³-hybridized carbons (Fsp3) is 0.304. The third kappa shape index (κ3) is 4.20. The molecule has 0 saturated carbocycles. The van der Waals surface area contributed by atoms with Crippen molar-refractivity contribution in [3.8, 4) is 0 Å². The van der Waals surface area contributed by atoms with Crippen LogP contribution in [0.25, 0.3) is 0 Å². The molecule has 2 N–H and O–H groups in total. The molecule has 0 radical (unpaired) electrons. The Labute approximate surface area is 181 Å². The zero-order chi connectivity index (χ0) is 21.0. The smallest absolute Gasteiger partial charge is 0.274 e. The molecule has 1 fully saturated rings. The van der Waals surface area contributed by atoms with Crippen molar-refractivity contribution in [1.29, 1.82) is 0 Å². The van der Waals surface area contributed by atoms with E-state index in [9.17, 15) is 4.79 Å². The second-order valence-electron chi connectivity index (χ2n) is 7.77. The number of aromatic nitrogens is 3. The van der Waals surface area contributed by atoms with Crippen LogP contribution in [0.3, 0.4) is 0 Å². The number of rotatable bonds is 4. The molecule has 0 spiro atoms. The van der Waals surface area contributed by atoms with E-state index in [1.807, 2.05) is 6.07 Å². The zero-order valence-electron chi connectivity index (χ0n) is 17.3. The average molecular weight is 416 g/mol. The molecule has 2 aromatic heterocycles. The van der Waals surface area contributed by atoms with Gasteiger partial charge in [-0.05, 0) is 29.7 Å². The number of hydrogen-bond donors (Lipinski definition) is 2. The van der Waals surface area contributed by atoms with Gasteiger partial charge in [-0.3, -0.25) is 9.78 Å². The summed E-state index contributed by atoms with van der Waals surface area (Å²) in [5.41, 5.74) is 4.67. The number of nitrogens with one attached hydrogen (secondary N) is 2. The topological polar surface area (TPSA) is 86.3 Å². The summed E-state index contributed by atoms with van der Waals surface area (Å²) in [5, 5.41) is 6.35. The molecule has 1 saturated heterocycles. The Morgan fingerprint density at radius 1 is 0.968 bits per heavy atom. The number of hydrogen-bond acceptors (Lipinski definition) is 7. The molecule has 3 aromatic rings. The summed E-state index contributed by atoms with van der Waals surface area (Å²) in [6, 6.07) is 12.0. The first-order valence-electron chi connectivity index (χ1n) is 10.6. The van der Waals surface area contributed by atoms with Gasteiger partial charge in [0.15, 0.2) is 0 Å². The number of carbonyl (C=O) groups excluding carboxylic acids is 1. The van der Waals surface area contributed by atoms with Crippen LogP contribution < -0.4 is 20.4 Å². The second-order valence-corrected chi connectivity index (χ2v) is 7.77. The number of amides is 1. The summed E-state index contributed by atoms with van der Waals surface area (Å²) in [6.07, 6.45) is 6.04. The SMILES string of the molecule is O=C(Nc1cnccc1N1CCNCC1)c1ccnc(N2CCc3ccccc3C2)n1. The van der Waals surface area contributed by atoms with Crippen LogP contribution in [0.15, 0.2) is 55.0 Å². The van der Waals surface area contributed by atoms with Crippen molar-refractivity contribution in [3.05, 3.63) is 71.8 Å². The Morgan fingerprint density at radius 2 is 1.81 bits per heavy atom. The minimum absolute atomic E-state index is 0.259. The van der Waals surface area contributed by atoms with Gasteiger partial charge in [0.25, 0.3) is 5.91 Å². The van der Waals surface area contributed by atoms with Crippen LogP contribution in [-0.4, -0.2) is 53.6 Å². The number of anilines is 3. The zero-order valence-corrected chi connectivity index (χ0v) is 17.3. The molecule has 5 rings (SSSR count). The van der Waals surface area contributed by atoms with Gasteiger partial charge in [0.05, 0.1) is 17.6 Å². The van der Waals surface area contributed by atoms with E-state index in [0.717, 1.165) is 51.4 Å². The van der Waals surface area contributed by atoms with Crippen LogP contribution >= 0.6 is 0 Å². The maximum Gasteiger partial charge on any atom is 0.274 e. The fourth-order valence-corrected chi connectivity index (χ4v) is 4.14. The van der Waals surface area contributed by atoms with Crippen LogP contribution in [0.5, 0.6) is 0 Å². The van der Waals surface area contributed by atoms with E-state index >= 15 is 0 Å². The van der Waals surface area contributed by atoms with Gasteiger partial charge < -0.3 is 20.4 Å². The molecule has 8 nitrogen and oxygen atoms in total. The van der Waals surface area contributed by atoms with Gasteiger partial charge in [-0.15, -0.1) is 0 Å². The lowest BCUT2D eigenvalue weighted by molar-refractivity contribution is 0.102. The number of piperazine rings is 1. The normalized spacial score (nSPS) is 16.0. The van der Waals surface area contributed by atoms with Gasteiger partial charge in [-0.1, -0.05) is 24.3 Å². The highest BCUT2D eigenvalue weighted by molar-refractivity contribution is 6.04. The largest absolute Gasteiger partial charge is 0.367 e. The minimum atomic E-state index is -0.259. The highest BCUT2D eigenvalue weighted by Crippen LogP contribution is 2.26. The summed E-state index contributed by atoms with van der Waals surface area (Å²) >= 11 is 0. The van der Waals surface area contributed by atoms with Crippen LogP contribution in [0.1, 0.15) is 21.6 Å². The molecule has 2 aliphatic heterocycles. The standard InChI is InChI=1S/C23H25N7O/c31-22(27-20-15-25-8-6-21(20)29-13-10-24-11-14-29)19-5-9-26-23(28-19)30-12-7-17-3-1-2-4-18(17)16-30/h1-6,8-9,15,24H,7,10-14,16H2,(H,27,31). The number of fused-ring (bicyclic) bond motifs is 1. The number of pyridine rings is 1. The fourth-order valence-electron chi connectivity index (χ4n) is 4.14. The van der Waals surface area contributed by atoms with E-state index in [1.54, 1.807) is 24.7 Å². The van der Waals surface area contributed by atoms with E-state index < -0.39 is 0 Å². The minimum Gasteiger partial charge on any atom is -0.367 e. The lowest BCUT2D eigenvalue weighted by Crippen LogP contribution is -2.43. The molecule has 1 amide bonds. The van der Waals surface area contributed by atoms with Crippen molar-refractivity contribution in [2.45, 2.75) is 13.0 Å². The Morgan fingerprint density at radius 3 is 2.68 bits per heavy atom. The molecule has 1 aromatic carbocycles. The molecule has 0 atom stereocenters. The van der Waals surface area contributed by atoms with Crippen molar-refractivity contribution in [2.75, 3.05) is 47.8 Å². The monoisotopic (exact) mass is 415 g/mol. The summed E-state index contributed by atoms with van der Waals surface area (Å²) in [6.45, 7) is 5.20. The summed E-state index contributed by atoms with van der Waals surface area (Å²) in [5.74, 6) is 0.320. The van der Waals surface area contributed by atoms with E-state index in [-0.39, 0.29) is 5.91 Å². The van der Waals surface area contributed by atoms with Crippen molar-refractivity contribution >= 4 is 23.2 Å². The average Bonchev–Trinajstić information content (AvgIpc) is 2.85. The molecule has 158 valence electrons. The molecule has 0 bridgehead atoms. The lowest BCUT2D eigenvalue weighted by Gasteiger charge is -2.30. The first kappa shape index (κ1) is 19.4. The number of benzene rings is 1. The van der Waals surface area contributed by atoms with E-state index in [4.69, 9.17) is 0 Å². The first-order chi connectivity index (χ1) is 15.3. The highest BCUT2D eigenvalue weighted by atomic mass is 16.1. The third-order valence-corrected chi connectivity index (χ3v) is 5.79. The Balaban J connectivity index is 1.34. The van der Waals surface area contributed by atoms with E-state index in [2.05, 4.69) is 59.7 Å². The number of carbonyl (C=O) groups is 1. The van der Waals surface area contributed by atoms with Gasteiger partial charge in [0.2, 0.25) is 5.95 Å². The quantitative estimate of drug-likeness (QED) is 0.675. The predicted octanol–water partition coefficient (Wildman–Crippen LogP) is 2.10.